The minimum absolute atomic E-state index is 0.162. The van der Waals surface area contributed by atoms with Crippen molar-refractivity contribution in [3.8, 4) is 5.75 Å². The Labute approximate surface area is 160 Å². The van der Waals surface area contributed by atoms with Crippen molar-refractivity contribution in [3.63, 3.8) is 0 Å². The molecule has 0 fully saturated rings. The minimum atomic E-state index is -1.57. The summed E-state index contributed by atoms with van der Waals surface area (Å²) in [5, 5.41) is 19.1. The molecule has 1 heterocycles. The van der Waals surface area contributed by atoms with Gasteiger partial charge in [-0.15, -0.1) is 0 Å². The smallest absolute Gasteiger partial charge is 0.449 e. The van der Waals surface area contributed by atoms with E-state index in [2.05, 4.69) is 4.74 Å². The molecular weight excluding hydrogens is 370 g/mol. The largest absolute Gasteiger partial charge is 0.511 e. The number of carbonyl (C=O) groups is 1. The molecule has 0 radical (unpaired) electrons. The molecule has 140 valence electrons. The first kappa shape index (κ1) is 18.9. The number of aryl methyl sites for hydroxylation is 1. The molecular formula is C20H18ClNO5. The summed E-state index contributed by atoms with van der Waals surface area (Å²) in [5.41, 5.74) is 2.84. The molecule has 0 aliphatic rings. The Balaban J connectivity index is 2.12. The predicted octanol–water partition coefficient (Wildman–Crippen LogP) is 3.60. The van der Waals surface area contributed by atoms with Crippen LogP contribution in [0.2, 0.25) is 5.02 Å². The van der Waals surface area contributed by atoms with Crippen molar-refractivity contribution in [2.24, 2.45) is 0 Å². The zero-order valence-corrected chi connectivity index (χ0v) is 15.4. The van der Waals surface area contributed by atoms with Gasteiger partial charge in [0.1, 0.15) is 0 Å². The van der Waals surface area contributed by atoms with Gasteiger partial charge in [0.25, 0.3) is 0 Å². The van der Waals surface area contributed by atoms with Crippen LogP contribution in [0.3, 0.4) is 0 Å². The van der Waals surface area contributed by atoms with Gasteiger partial charge in [0.2, 0.25) is 5.43 Å². The van der Waals surface area contributed by atoms with Crippen LogP contribution in [0.25, 0.3) is 10.9 Å². The highest BCUT2D eigenvalue weighted by Gasteiger charge is 2.14. The standard InChI is InChI=1S/C20H18ClNO5/c1-12-3-2-4-14(18(12)21)9-13-5-6-16-15(10-13)19(24)17(27-20(25)26)11-22(16)7-8-23/h2-6,10-11,23H,7-9H2,1H3,(H,25,26). The average molecular weight is 388 g/mol. The van der Waals surface area contributed by atoms with Crippen LogP contribution in [-0.2, 0) is 13.0 Å². The molecule has 6 nitrogen and oxygen atoms in total. The molecule has 2 N–H and O–H groups in total. The van der Waals surface area contributed by atoms with E-state index in [9.17, 15) is 14.7 Å². The van der Waals surface area contributed by atoms with Gasteiger partial charge in [-0.25, -0.2) is 4.79 Å². The summed E-state index contributed by atoms with van der Waals surface area (Å²) in [5.74, 6) is -0.297. The van der Waals surface area contributed by atoms with Gasteiger partial charge in [-0.2, -0.15) is 0 Å². The van der Waals surface area contributed by atoms with Crippen LogP contribution in [0.1, 0.15) is 16.7 Å². The second-order valence-electron chi connectivity index (χ2n) is 6.18. The SMILES string of the molecule is Cc1cccc(Cc2ccc3c(c2)c(=O)c(OC(=O)O)cn3CCO)c1Cl. The summed E-state index contributed by atoms with van der Waals surface area (Å²) in [6.45, 7) is 1.97. The van der Waals surface area contributed by atoms with E-state index in [0.29, 0.717) is 22.3 Å². The number of aromatic nitrogens is 1. The van der Waals surface area contributed by atoms with Crippen LogP contribution in [0, 0.1) is 6.92 Å². The topological polar surface area (TPSA) is 88.8 Å². The molecule has 27 heavy (non-hydrogen) atoms. The van der Waals surface area contributed by atoms with Crippen molar-refractivity contribution in [3.05, 3.63) is 74.5 Å². The van der Waals surface area contributed by atoms with Crippen LogP contribution in [0.4, 0.5) is 4.79 Å². The fraction of sp³-hybridized carbons (Fsp3) is 0.200. The first-order valence-corrected chi connectivity index (χ1v) is 8.70. The van der Waals surface area contributed by atoms with E-state index >= 15 is 0 Å². The molecule has 0 spiro atoms. The van der Waals surface area contributed by atoms with Crippen molar-refractivity contribution in [1.82, 2.24) is 4.57 Å². The third-order valence-corrected chi connectivity index (χ3v) is 4.86. The van der Waals surface area contributed by atoms with Crippen LogP contribution in [0.5, 0.6) is 5.75 Å². The highest BCUT2D eigenvalue weighted by molar-refractivity contribution is 6.32. The average Bonchev–Trinajstić information content (AvgIpc) is 2.63. The number of aliphatic hydroxyl groups is 1. The molecule has 3 rings (SSSR count). The lowest BCUT2D eigenvalue weighted by atomic mass is 10.0. The number of ether oxygens (including phenoxy) is 1. The molecule has 0 saturated heterocycles. The predicted molar refractivity (Wildman–Crippen MR) is 103 cm³/mol. The Morgan fingerprint density at radius 2 is 2.04 bits per heavy atom. The molecule has 0 amide bonds. The van der Waals surface area contributed by atoms with E-state index in [1.165, 1.54) is 6.20 Å². The summed E-state index contributed by atoms with van der Waals surface area (Å²) in [4.78, 5) is 23.5. The Morgan fingerprint density at radius 1 is 1.26 bits per heavy atom. The maximum absolute atomic E-state index is 12.7. The summed E-state index contributed by atoms with van der Waals surface area (Å²) in [6.07, 6.45) is 0.260. The molecule has 0 aliphatic carbocycles. The molecule has 0 saturated carbocycles. The van der Waals surface area contributed by atoms with Crippen molar-refractivity contribution in [2.45, 2.75) is 19.9 Å². The van der Waals surface area contributed by atoms with Gasteiger partial charge in [-0.05, 0) is 42.2 Å². The number of nitrogens with zero attached hydrogens (tertiary/aromatic N) is 1. The third-order valence-electron chi connectivity index (χ3n) is 4.32. The number of carboxylic acid groups (broad SMARTS) is 1. The second kappa shape index (κ2) is 7.82. The van der Waals surface area contributed by atoms with Crippen LogP contribution in [-0.4, -0.2) is 27.5 Å². The van der Waals surface area contributed by atoms with Gasteiger partial charge in [-0.3, -0.25) is 4.79 Å². The number of rotatable bonds is 5. The van der Waals surface area contributed by atoms with Crippen molar-refractivity contribution in [1.29, 1.82) is 0 Å². The van der Waals surface area contributed by atoms with E-state index in [1.54, 1.807) is 16.7 Å². The number of hydrogen-bond acceptors (Lipinski definition) is 4. The van der Waals surface area contributed by atoms with E-state index in [4.69, 9.17) is 16.7 Å². The van der Waals surface area contributed by atoms with Crippen molar-refractivity contribution >= 4 is 28.7 Å². The molecule has 7 heteroatoms. The quantitative estimate of drug-likeness (QED) is 0.653. The van der Waals surface area contributed by atoms with Gasteiger partial charge in [0.15, 0.2) is 5.75 Å². The fourth-order valence-electron chi connectivity index (χ4n) is 3.05. The van der Waals surface area contributed by atoms with Crippen LogP contribution >= 0.6 is 11.6 Å². The highest BCUT2D eigenvalue weighted by atomic mass is 35.5. The zero-order chi connectivity index (χ0) is 19.6. The van der Waals surface area contributed by atoms with Crippen LogP contribution in [0.15, 0.2) is 47.4 Å². The van der Waals surface area contributed by atoms with Gasteiger partial charge in [-0.1, -0.05) is 35.9 Å². The number of aliphatic hydroxyl groups excluding tert-OH is 1. The zero-order valence-electron chi connectivity index (χ0n) is 14.6. The molecule has 1 aromatic heterocycles. The molecule has 0 aliphatic heterocycles. The van der Waals surface area contributed by atoms with Gasteiger partial charge in [0, 0.05) is 17.0 Å². The molecule has 2 aromatic carbocycles. The fourth-order valence-corrected chi connectivity index (χ4v) is 3.24. The Morgan fingerprint density at radius 3 is 2.74 bits per heavy atom. The lowest BCUT2D eigenvalue weighted by Crippen LogP contribution is -2.17. The molecule has 3 aromatic rings. The number of fused-ring (bicyclic) bond motifs is 1. The summed E-state index contributed by atoms with van der Waals surface area (Å²) < 4.78 is 6.21. The first-order valence-electron chi connectivity index (χ1n) is 8.32. The monoisotopic (exact) mass is 387 g/mol. The highest BCUT2D eigenvalue weighted by Crippen LogP contribution is 2.25. The number of benzene rings is 2. The van der Waals surface area contributed by atoms with Gasteiger partial charge >= 0.3 is 6.16 Å². The molecule has 0 atom stereocenters. The Bertz CT molecular complexity index is 1070. The lowest BCUT2D eigenvalue weighted by Gasteiger charge is -2.13. The first-order chi connectivity index (χ1) is 12.9. The summed E-state index contributed by atoms with van der Waals surface area (Å²) >= 11 is 6.36. The van der Waals surface area contributed by atoms with Gasteiger partial charge in [0.05, 0.1) is 18.3 Å². The maximum atomic E-state index is 12.7. The summed E-state index contributed by atoms with van der Waals surface area (Å²) in [7, 11) is 0. The maximum Gasteiger partial charge on any atom is 0.511 e. The number of hydrogen-bond donors (Lipinski definition) is 2. The van der Waals surface area contributed by atoms with E-state index in [1.807, 2.05) is 31.2 Å². The van der Waals surface area contributed by atoms with Crippen LogP contribution < -0.4 is 10.2 Å². The number of halogens is 1. The van der Waals surface area contributed by atoms with Crippen molar-refractivity contribution < 1.29 is 19.7 Å². The van der Waals surface area contributed by atoms with Crippen molar-refractivity contribution in [2.75, 3.05) is 6.61 Å². The lowest BCUT2D eigenvalue weighted by molar-refractivity contribution is 0.143. The third kappa shape index (κ3) is 3.97. The molecule has 0 unspecified atom stereocenters. The normalized spacial score (nSPS) is 10.9. The van der Waals surface area contributed by atoms with E-state index in [-0.39, 0.29) is 18.9 Å². The second-order valence-corrected chi connectivity index (χ2v) is 6.56. The van der Waals surface area contributed by atoms with Gasteiger partial charge < -0.3 is 19.5 Å². The Hall–Kier alpha value is -2.83. The Kier molecular flexibility index (Phi) is 5.48. The number of pyridine rings is 1. The summed E-state index contributed by atoms with van der Waals surface area (Å²) in [6, 6.07) is 11.1. The minimum Gasteiger partial charge on any atom is -0.449 e. The van der Waals surface area contributed by atoms with E-state index in [0.717, 1.165) is 16.7 Å². The molecule has 0 bridgehead atoms. The van der Waals surface area contributed by atoms with E-state index < -0.39 is 11.6 Å².